The highest BCUT2D eigenvalue weighted by Crippen LogP contribution is 2.48. The lowest BCUT2D eigenvalue weighted by molar-refractivity contribution is -0.194. The van der Waals surface area contributed by atoms with Gasteiger partial charge in [-0.2, -0.15) is 0 Å². The van der Waals surface area contributed by atoms with Crippen LogP contribution in [0.3, 0.4) is 0 Å². The smallest absolute Gasteiger partial charge is 0.233 e. The van der Waals surface area contributed by atoms with Gasteiger partial charge >= 0.3 is 0 Å². The lowest BCUT2D eigenvalue weighted by atomic mass is 10.1. The van der Waals surface area contributed by atoms with Gasteiger partial charge in [0.25, 0.3) is 0 Å². The van der Waals surface area contributed by atoms with Crippen LogP contribution in [0.4, 0.5) is 0 Å². The molecule has 5 heteroatoms. The van der Waals surface area contributed by atoms with E-state index in [1.165, 1.54) is 0 Å². The van der Waals surface area contributed by atoms with Crippen molar-refractivity contribution in [2.75, 3.05) is 13.2 Å². The second kappa shape index (κ2) is 3.15. The molecule has 1 saturated heterocycles. The molecule has 0 aromatic rings. The summed E-state index contributed by atoms with van der Waals surface area (Å²) in [7, 11) is 0. The first kappa shape index (κ1) is 9.54. The highest BCUT2D eigenvalue weighted by Gasteiger charge is 2.54. The summed E-state index contributed by atoms with van der Waals surface area (Å²) >= 11 is 7.01. The molecule has 3 nitrogen and oxygen atoms in total. The average Bonchev–Trinajstić information content (AvgIpc) is 2.81. The van der Waals surface area contributed by atoms with Crippen LogP contribution in [0.2, 0.25) is 0 Å². The Balaban J connectivity index is 2.11. The molecule has 0 radical (unpaired) electrons. The van der Waals surface area contributed by atoms with Crippen molar-refractivity contribution in [1.82, 2.24) is 0 Å². The van der Waals surface area contributed by atoms with Gasteiger partial charge < -0.3 is 14.2 Å². The molecule has 3 heterocycles. The molecule has 76 valence electrons. The van der Waals surface area contributed by atoms with Crippen LogP contribution in [0.15, 0.2) is 21.1 Å². The average molecular weight is 324 g/mol. The molecule has 0 unspecified atom stereocenters. The fourth-order valence-electron chi connectivity index (χ4n) is 1.95. The predicted octanol–water partition coefficient (Wildman–Crippen LogP) is 2.07. The van der Waals surface area contributed by atoms with Gasteiger partial charge in [-0.3, -0.25) is 0 Å². The second-order valence-electron chi connectivity index (χ2n) is 3.39. The maximum atomic E-state index is 5.72. The Hall–Kier alpha value is 0.320. The monoisotopic (exact) mass is 322 g/mol. The van der Waals surface area contributed by atoms with E-state index in [-0.39, 0.29) is 12.2 Å². The van der Waals surface area contributed by atoms with E-state index in [4.69, 9.17) is 14.2 Å². The molecule has 0 N–H and O–H groups in total. The second-order valence-corrected chi connectivity index (χ2v) is 5.04. The molecule has 2 bridgehead atoms. The summed E-state index contributed by atoms with van der Waals surface area (Å²) in [6.07, 6.45) is 3.87. The first-order valence-electron chi connectivity index (χ1n) is 4.41. The summed E-state index contributed by atoms with van der Waals surface area (Å²) < 4.78 is 18.9. The van der Waals surface area contributed by atoms with Gasteiger partial charge in [0, 0.05) is 4.48 Å². The predicted molar refractivity (Wildman–Crippen MR) is 57.3 cm³/mol. The molecular weight excluding hydrogens is 316 g/mol. The lowest BCUT2D eigenvalue weighted by Gasteiger charge is -2.37. The standard InChI is InChI=1S/C9H8Br2O3/c10-7-5-1-2-6(14-5)9(8(7)11)12-3-4-13-9/h1-2,5-6H,3-4H2/t5-,6+/m1/s1. The number of hydrogen-bond acceptors (Lipinski definition) is 3. The minimum Gasteiger partial charge on any atom is -0.355 e. The Kier molecular flexibility index (Phi) is 2.15. The zero-order chi connectivity index (χ0) is 9.76. The summed E-state index contributed by atoms with van der Waals surface area (Å²) in [6.45, 7) is 1.21. The summed E-state index contributed by atoms with van der Waals surface area (Å²) in [5.74, 6) is -0.748. The van der Waals surface area contributed by atoms with Gasteiger partial charge in [0.1, 0.15) is 12.2 Å². The molecule has 0 aromatic carbocycles. The first-order valence-corrected chi connectivity index (χ1v) is 6.00. The van der Waals surface area contributed by atoms with Crippen LogP contribution in [0.25, 0.3) is 0 Å². The number of halogens is 2. The van der Waals surface area contributed by atoms with Crippen molar-refractivity contribution in [3.8, 4) is 0 Å². The van der Waals surface area contributed by atoms with Crippen molar-refractivity contribution in [3.05, 3.63) is 21.1 Å². The molecule has 0 saturated carbocycles. The molecule has 1 spiro atoms. The van der Waals surface area contributed by atoms with Gasteiger partial charge in [0.15, 0.2) is 0 Å². The Labute approximate surface area is 98.3 Å². The van der Waals surface area contributed by atoms with Gasteiger partial charge in [-0.25, -0.2) is 0 Å². The third-order valence-corrected chi connectivity index (χ3v) is 4.97. The summed E-state index contributed by atoms with van der Waals surface area (Å²) in [6, 6.07) is 0. The topological polar surface area (TPSA) is 27.7 Å². The molecular formula is C9H8Br2O3. The fourth-order valence-corrected chi connectivity index (χ4v) is 3.16. The molecule has 0 aromatic heterocycles. The van der Waals surface area contributed by atoms with Gasteiger partial charge in [-0.1, -0.05) is 28.1 Å². The summed E-state index contributed by atoms with van der Waals surface area (Å²) in [5, 5.41) is 0. The minimum absolute atomic E-state index is 0.00722. The van der Waals surface area contributed by atoms with Crippen LogP contribution in [0, 0.1) is 0 Å². The molecule has 3 aliphatic rings. The van der Waals surface area contributed by atoms with E-state index in [2.05, 4.69) is 31.9 Å². The van der Waals surface area contributed by atoms with Crippen LogP contribution in [0.5, 0.6) is 0 Å². The maximum absolute atomic E-state index is 5.72. The van der Waals surface area contributed by atoms with E-state index >= 15 is 0 Å². The molecule has 14 heavy (non-hydrogen) atoms. The van der Waals surface area contributed by atoms with Gasteiger partial charge in [0.05, 0.1) is 17.7 Å². The van der Waals surface area contributed by atoms with E-state index < -0.39 is 5.79 Å². The van der Waals surface area contributed by atoms with Crippen LogP contribution in [0.1, 0.15) is 0 Å². The van der Waals surface area contributed by atoms with Gasteiger partial charge in [-0.15, -0.1) is 0 Å². The molecule has 3 aliphatic heterocycles. The largest absolute Gasteiger partial charge is 0.355 e. The van der Waals surface area contributed by atoms with Crippen molar-refractivity contribution in [3.63, 3.8) is 0 Å². The Morgan fingerprint density at radius 2 is 1.93 bits per heavy atom. The first-order chi connectivity index (χ1) is 6.74. The number of ether oxygens (including phenoxy) is 3. The molecule has 0 aliphatic carbocycles. The van der Waals surface area contributed by atoms with Crippen LogP contribution in [-0.2, 0) is 14.2 Å². The quantitative estimate of drug-likeness (QED) is 0.639. The van der Waals surface area contributed by atoms with Crippen LogP contribution >= 0.6 is 31.9 Å². The summed E-state index contributed by atoms with van der Waals surface area (Å²) in [4.78, 5) is 0. The van der Waals surface area contributed by atoms with Gasteiger partial charge in [0.2, 0.25) is 5.79 Å². The molecule has 0 amide bonds. The highest BCUT2D eigenvalue weighted by atomic mass is 79.9. The molecule has 1 fully saturated rings. The Morgan fingerprint density at radius 3 is 2.64 bits per heavy atom. The van der Waals surface area contributed by atoms with E-state index in [1.807, 2.05) is 12.2 Å². The lowest BCUT2D eigenvalue weighted by Crippen LogP contribution is -2.47. The minimum atomic E-state index is -0.748. The van der Waals surface area contributed by atoms with Crippen LogP contribution < -0.4 is 0 Å². The van der Waals surface area contributed by atoms with Crippen molar-refractivity contribution in [2.45, 2.75) is 18.0 Å². The number of fused-ring (bicyclic) bond motifs is 3. The SMILES string of the molecule is BrC1=C(Br)C2(OCCO2)[C@@H]2C=C[C@H]1O2. The van der Waals surface area contributed by atoms with Gasteiger partial charge in [-0.05, 0) is 15.9 Å². The van der Waals surface area contributed by atoms with Crippen molar-refractivity contribution in [1.29, 1.82) is 0 Å². The van der Waals surface area contributed by atoms with E-state index in [0.29, 0.717) is 13.2 Å². The zero-order valence-electron chi connectivity index (χ0n) is 7.20. The Morgan fingerprint density at radius 1 is 1.21 bits per heavy atom. The zero-order valence-corrected chi connectivity index (χ0v) is 10.4. The third kappa shape index (κ3) is 1.08. The fraction of sp³-hybridized carbons (Fsp3) is 0.556. The number of hydrogen-bond donors (Lipinski definition) is 0. The van der Waals surface area contributed by atoms with E-state index in [9.17, 15) is 0 Å². The number of rotatable bonds is 0. The van der Waals surface area contributed by atoms with Crippen molar-refractivity contribution in [2.24, 2.45) is 0 Å². The Bertz CT molecular complexity index is 331. The van der Waals surface area contributed by atoms with E-state index in [0.717, 1.165) is 8.96 Å². The van der Waals surface area contributed by atoms with Crippen molar-refractivity contribution < 1.29 is 14.2 Å². The normalized spacial score (nSPS) is 38.7. The highest BCUT2D eigenvalue weighted by molar-refractivity contribution is 9.14. The molecule has 3 rings (SSSR count). The third-order valence-electron chi connectivity index (χ3n) is 2.61. The summed E-state index contributed by atoms with van der Waals surface area (Å²) in [5.41, 5.74) is 0. The van der Waals surface area contributed by atoms with E-state index in [1.54, 1.807) is 0 Å². The van der Waals surface area contributed by atoms with Crippen molar-refractivity contribution >= 4 is 31.9 Å². The molecule has 2 atom stereocenters. The van der Waals surface area contributed by atoms with Crippen LogP contribution in [-0.4, -0.2) is 31.2 Å². The maximum Gasteiger partial charge on any atom is 0.233 e.